The number of nitrogens with two attached hydrogens (primary N) is 1. The molecule has 3 atom stereocenters. The van der Waals surface area contributed by atoms with Gasteiger partial charge in [0.05, 0.1) is 6.10 Å². The van der Waals surface area contributed by atoms with E-state index < -0.39 is 0 Å². The number of nitrogens with zero attached hydrogens (tertiary/aromatic N) is 2. The van der Waals surface area contributed by atoms with Crippen LogP contribution < -0.4 is 5.73 Å². The number of ether oxygens (including phenoxy) is 1. The zero-order chi connectivity index (χ0) is 13.2. The van der Waals surface area contributed by atoms with Gasteiger partial charge in [0.15, 0.2) is 0 Å². The maximum atomic E-state index is 6.16. The largest absolute Gasteiger partial charge is 0.378 e. The lowest BCUT2D eigenvalue weighted by atomic mass is 9.84. The maximum absolute atomic E-state index is 6.16. The Morgan fingerprint density at radius 3 is 2.83 bits per heavy atom. The van der Waals surface area contributed by atoms with Gasteiger partial charge in [-0.1, -0.05) is 0 Å². The van der Waals surface area contributed by atoms with Crippen LogP contribution in [0.15, 0.2) is 0 Å². The van der Waals surface area contributed by atoms with E-state index in [-0.39, 0.29) is 5.54 Å². The van der Waals surface area contributed by atoms with E-state index in [4.69, 9.17) is 10.5 Å². The minimum atomic E-state index is 0.189. The SMILES string of the molecule is CC1CC(CN)(N2CCCC2CN(C)C)CCO1. The number of hydrogen-bond acceptors (Lipinski definition) is 4. The Morgan fingerprint density at radius 1 is 1.44 bits per heavy atom. The van der Waals surface area contributed by atoms with Gasteiger partial charge in [-0.15, -0.1) is 0 Å². The van der Waals surface area contributed by atoms with E-state index in [1.807, 2.05) is 0 Å². The number of hydrogen-bond donors (Lipinski definition) is 1. The fraction of sp³-hybridized carbons (Fsp3) is 1.00. The van der Waals surface area contributed by atoms with Crippen LogP contribution in [0.1, 0.15) is 32.6 Å². The van der Waals surface area contributed by atoms with Crippen LogP contribution in [0.3, 0.4) is 0 Å². The lowest BCUT2D eigenvalue weighted by Crippen LogP contribution is -2.60. The zero-order valence-corrected chi connectivity index (χ0v) is 12.2. The second-order valence-electron chi connectivity index (χ2n) is 6.32. The van der Waals surface area contributed by atoms with Gasteiger partial charge < -0.3 is 15.4 Å². The monoisotopic (exact) mass is 255 g/mol. The molecule has 2 heterocycles. The molecule has 2 N–H and O–H groups in total. The van der Waals surface area contributed by atoms with Crippen molar-refractivity contribution in [3.05, 3.63) is 0 Å². The third kappa shape index (κ3) is 2.87. The molecule has 0 saturated carbocycles. The van der Waals surface area contributed by atoms with Crippen molar-refractivity contribution in [1.29, 1.82) is 0 Å². The zero-order valence-electron chi connectivity index (χ0n) is 12.2. The average Bonchev–Trinajstić information content (AvgIpc) is 2.76. The molecule has 2 fully saturated rings. The Hall–Kier alpha value is -0.160. The van der Waals surface area contributed by atoms with Crippen LogP contribution in [0.25, 0.3) is 0 Å². The van der Waals surface area contributed by atoms with Crippen molar-refractivity contribution in [2.24, 2.45) is 5.73 Å². The standard InChI is InChI=1S/C14H29N3O/c1-12-9-14(11-15,6-8-18-12)17-7-4-5-13(17)10-16(2)3/h12-13H,4-11,15H2,1-3H3. The Kier molecular flexibility index (Phi) is 4.64. The summed E-state index contributed by atoms with van der Waals surface area (Å²) in [6.45, 7) is 6.17. The number of likely N-dealkylation sites (N-methyl/N-ethyl adjacent to an activating group) is 1. The van der Waals surface area contributed by atoms with Crippen molar-refractivity contribution in [2.75, 3.05) is 40.3 Å². The molecule has 0 amide bonds. The van der Waals surface area contributed by atoms with E-state index in [0.29, 0.717) is 12.1 Å². The van der Waals surface area contributed by atoms with E-state index in [1.54, 1.807) is 0 Å². The van der Waals surface area contributed by atoms with Gasteiger partial charge in [0.1, 0.15) is 0 Å². The summed E-state index contributed by atoms with van der Waals surface area (Å²) in [7, 11) is 4.33. The smallest absolute Gasteiger partial charge is 0.0565 e. The van der Waals surface area contributed by atoms with Crippen LogP contribution in [0, 0.1) is 0 Å². The second-order valence-corrected chi connectivity index (χ2v) is 6.32. The summed E-state index contributed by atoms with van der Waals surface area (Å²) in [6, 6.07) is 0.675. The molecule has 2 rings (SSSR count). The van der Waals surface area contributed by atoms with Crippen molar-refractivity contribution in [3.8, 4) is 0 Å². The predicted octanol–water partition coefficient (Wildman–Crippen LogP) is 0.909. The van der Waals surface area contributed by atoms with Crippen molar-refractivity contribution in [3.63, 3.8) is 0 Å². The first kappa shape index (κ1) is 14.3. The number of rotatable bonds is 4. The number of likely N-dealkylation sites (tertiary alicyclic amines) is 1. The molecule has 18 heavy (non-hydrogen) atoms. The Morgan fingerprint density at radius 2 is 2.22 bits per heavy atom. The molecular weight excluding hydrogens is 226 g/mol. The molecule has 0 spiro atoms. The van der Waals surface area contributed by atoms with Crippen LogP contribution in [-0.4, -0.2) is 67.8 Å². The van der Waals surface area contributed by atoms with Gasteiger partial charge in [-0.3, -0.25) is 4.90 Å². The molecule has 0 aromatic heterocycles. The summed E-state index contributed by atoms with van der Waals surface area (Å²) < 4.78 is 5.72. The molecule has 2 aliphatic heterocycles. The predicted molar refractivity (Wildman–Crippen MR) is 74.7 cm³/mol. The first-order chi connectivity index (χ1) is 8.57. The molecule has 4 nitrogen and oxygen atoms in total. The van der Waals surface area contributed by atoms with Gasteiger partial charge in [-0.2, -0.15) is 0 Å². The molecule has 106 valence electrons. The Labute approximate surface area is 111 Å². The molecule has 0 radical (unpaired) electrons. The van der Waals surface area contributed by atoms with Crippen LogP contribution in [0.5, 0.6) is 0 Å². The Bertz CT molecular complexity index is 272. The normalized spacial score (nSPS) is 38.5. The highest BCUT2D eigenvalue weighted by Gasteiger charge is 2.44. The van der Waals surface area contributed by atoms with Gasteiger partial charge in [-0.05, 0) is 53.2 Å². The maximum Gasteiger partial charge on any atom is 0.0565 e. The van der Waals surface area contributed by atoms with Crippen molar-refractivity contribution < 1.29 is 4.74 Å². The highest BCUT2D eigenvalue weighted by Crippen LogP contribution is 2.35. The van der Waals surface area contributed by atoms with Gasteiger partial charge in [-0.25, -0.2) is 0 Å². The topological polar surface area (TPSA) is 41.7 Å². The van der Waals surface area contributed by atoms with Crippen LogP contribution in [0.2, 0.25) is 0 Å². The summed E-state index contributed by atoms with van der Waals surface area (Å²) in [4.78, 5) is 5.00. The van der Waals surface area contributed by atoms with E-state index in [0.717, 1.165) is 32.5 Å². The van der Waals surface area contributed by atoms with Gasteiger partial charge in [0.2, 0.25) is 0 Å². The van der Waals surface area contributed by atoms with E-state index in [9.17, 15) is 0 Å². The minimum Gasteiger partial charge on any atom is -0.378 e. The van der Waals surface area contributed by atoms with Crippen molar-refractivity contribution in [2.45, 2.75) is 50.3 Å². The van der Waals surface area contributed by atoms with Crippen LogP contribution in [0.4, 0.5) is 0 Å². The molecule has 4 heteroatoms. The molecule has 0 aromatic carbocycles. The molecule has 0 aromatic rings. The van der Waals surface area contributed by atoms with Gasteiger partial charge in [0.25, 0.3) is 0 Å². The first-order valence-corrected chi connectivity index (χ1v) is 7.30. The molecule has 3 unspecified atom stereocenters. The summed E-state index contributed by atoms with van der Waals surface area (Å²) >= 11 is 0. The molecular formula is C14H29N3O. The molecule has 0 aliphatic carbocycles. The fourth-order valence-electron chi connectivity index (χ4n) is 3.78. The third-order valence-electron chi connectivity index (χ3n) is 4.58. The quantitative estimate of drug-likeness (QED) is 0.811. The lowest BCUT2D eigenvalue weighted by Gasteiger charge is -2.48. The second kappa shape index (κ2) is 5.87. The Balaban J connectivity index is 2.10. The molecule has 0 bridgehead atoms. The van der Waals surface area contributed by atoms with Crippen molar-refractivity contribution in [1.82, 2.24) is 9.80 Å². The average molecular weight is 255 g/mol. The highest BCUT2D eigenvalue weighted by atomic mass is 16.5. The lowest BCUT2D eigenvalue weighted by molar-refractivity contribution is -0.0696. The van der Waals surface area contributed by atoms with Crippen LogP contribution >= 0.6 is 0 Å². The summed E-state index contributed by atoms with van der Waals surface area (Å²) in [5, 5.41) is 0. The van der Waals surface area contributed by atoms with E-state index in [1.165, 1.54) is 19.4 Å². The summed E-state index contributed by atoms with van der Waals surface area (Å²) in [5.74, 6) is 0. The molecule has 2 aliphatic rings. The third-order valence-corrected chi connectivity index (χ3v) is 4.58. The molecule has 2 saturated heterocycles. The fourth-order valence-corrected chi connectivity index (χ4v) is 3.78. The van der Waals surface area contributed by atoms with Gasteiger partial charge >= 0.3 is 0 Å². The van der Waals surface area contributed by atoms with E-state index in [2.05, 4.69) is 30.8 Å². The highest BCUT2D eigenvalue weighted by molar-refractivity contribution is 5.00. The van der Waals surface area contributed by atoms with Crippen LogP contribution in [-0.2, 0) is 4.74 Å². The first-order valence-electron chi connectivity index (χ1n) is 7.30. The summed E-state index contributed by atoms with van der Waals surface area (Å²) in [5.41, 5.74) is 6.35. The van der Waals surface area contributed by atoms with Gasteiger partial charge in [0, 0.05) is 31.3 Å². The van der Waals surface area contributed by atoms with Crippen molar-refractivity contribution >= 4 is 0 Å². The minimum absolute atomic E-state index is 0.189. The van der Waals surface area contributed by atoms with E-state index >= 15 is 0 Å². The summed E-state index contributed by atoms with van der Waals surface area (Å²) in [6.07, 6.45) is 5.17.